The van der Waals surface area contributed by atoms with Gasteiger partial charge in [0, 0.05) is 5.69 Å². The van der Waals surface area contributed by atoms with Crippen LogP contribution in [0.25, 0.3) is 5.69 Å². The highest BCUT2D eigenvalue weighted by Gasteiger charge is 2.14. The third-order valence-corrected chi connectivity index (χ3v) is 3.24. The van der Waals surface area contributed by atoms with Crippen molar-refractivity contribution >= 4 is 11.6 Å². The fourth-order valence-electron chi connectivity index (χ4n) is 1.94. The van der Waals surface area contributed by atoms with Crippen LogP contribution in [-0.2, 0) is 11.3 Å². The first-order valence-electron chi connectivity index (χ1n) is 6.01. The third-order valence-electron chi connectivity index (χ3n) is 3.00. The molecule has 1 heterocycles. The Morgan fingerprint density at radius 2 is 1.72 bits per heavy atom. The van der Waals surface area contributed by atoms with Gasteiger partial charge in [0.15, 0.2) is 5.82 Å². The predicted molar refractivity (Wildman–Crippen MR) is 74.4 cm³/mol. The van der Waals surface area contributed by atoms with Crippen LogP contribution in [0.2, 0.25) is 0 Å². The largest absolute Gasteiger partial charge is 0.282 e. The van der Waals surface area contributed by atoms with Gasteiger partial charge in [-0.15, -0.1) is 21.8 Å². The summed E-state index contributed by atoms with van der Waals surface area (Å²) >= 11 is 5.88. The van der Waals surface area contributed by atoms with Crippen LogP contribution in [0, 0.1) is 6.92 Å². The van der Waals surface area contributed by atoms with Gasteiger partial charge in [0.05, 0.1) is 5.88 Å². The zero-order valence-electron chi connectivity index (χ0n) is 11.2. The van der Waals surface area contributed by atoms with Gasteiger partial charge >= 0.3 is 0 Å². The highest BCUT2D eigenvalue weighted by atomic mass is 35.5. The van der Waals surface area contributed by atoms with Crippen LogP contribution < -0.4 is 0 Å². The number of benzene rings is 1. The van der Waals surface area contributed by atoms with Crippen molar-refractivity contribution in [1.82, 2.24) is 14.8 Å². The molecule has 0 aliphatic heterocycles. The van der Waals surface area contributed by atoms with E-state index in [9.17, 15) is 0 Å². The lowest BCUT2D eigenvalue weighted by molar-refractivity contribution is 0.590. The minimum Gasteiger partial charge on any atom is -0.282 e. The van der Waals surface area contributed by atoms with Crippen molar-refractivity contribution in [2.24, 2.45) is 0 Å². The van der Waals surface area contributed by atoms with E-state index in [0.29, 0.717) is 5.88 Å². The summed E-state index contributed by atoms with van der Waals surface area (Å²) in [5.74, 6) is 1.99. The van der Waals surface area contributed by atoms with Crippen LogP contribution in [0.4, 0.5) is 0 Å². The minimum atomic E-state index is 0.163. The maximum absolute atomic E-state index is 5.88. The molecule has 0 aliphatic carbocycles. The van der Waals surface area contributed by atoms with Crippen LogP contribution in [-0.4, -0.2) is 14.8 Å². The summed E-state index contributed by atoms with van der Waals surface area (Å²) in [7, 11) is 0. The second-order valence-electron chi connectivity index (χ2n) is 5.43. The quantitative estimate of drug-likeness (QED) is 0.775. The van der Waals surface area contributed by atoms with Crippen LogP contribution in [0.1, 0.15) is 38.0 Å². The molecule has 18 heavy (non-hydrogen) atoms. The Kier molecular flexibility index (Phi) is 3.44. The summed E-state index contributed by atoms with van der Waals surface area (Å²) in [5.41, 5.74) is 2.53. The molecule has 0 atom stereocenters. The van der Waals surface area contributed by atoms with Gasteiger partial charge in [-0.1, -0.05) is 32.9 Å². The second kappa shape index (κ2) is 4.73. The zero-order chi connectivity index (χ0) is 13.3. The molecule has 96 valence electrons. The van der Waals surface area contributed by atoms with Gasteiger partial charge in [-0.3, -0.25) is 4.57 Å². The van der Waals surface area contributed by atoms with Crippen LogP contribution in [0.3, 0.4) is 0 Å². The number of halogens is 1. The lowest BCUT2D eigenvalue weighted by Crippen LogP contribution is -2.11. The highest BCUT2D eigenvalue weighted by Crippen LogP contribution is 2.24. The van der Waals surface area contributed by atoms with Crippen LogP contribution >= 0.6 is 11.6 Å². The van der Waals surface area contributed by atoms with Gasteiger partial charge in [-0.05, 0) is 30.0 Å². The smallest absolute Gasteiger partial charge is 0.152 e. The molecule has 0 bridgehead atoms. The van der Waals surface area contributed by atoms with E-state index in [4.69, 9.17) is 11.6 Å². The molecule has 1 aromatic carbocycles. The molecule has 0 saturated heterocycles. The lowest BCUT2D eigenvalue weighted by Gasteiger charge is -2.19. The Morgan fingerprint density at radius 1 is 1.11 bits per heavy atom. The van der Waals surface area contributed by atoms with Crippen molar-refractivity contribution in [3.63, 3.8) is 0 Å². The van der Waals surface area contributed by atoms with Gasteiger partial charge in [0.2, 0.25) is 0 Å². The molecular weight excluding hydrogens is 246 g/mol. The van der Waals surface area contributed by atoms with Crippen LogP contribution in [0.5, 0.6) is 0 Å². The average Bonchev–Trinajstić information content (AvgIpc) is 2.69. The Hall–Kier alpha value is -1.35. The summed E-state index contributed by atoms with van der Waals surface area (Å²) in [4.78, 5) is 0. The monoisotopic (exact) mass is 263 g/mol. The topological polar surface area (TPSA) is 30.7 Å². The van der Waals surface area contributed by atoms with E-state index >= 15 is 0 Å². The molecular formula is C14H18ClN3. The molecule has 2 rings (SSSR count). The van der Waals surface area contributed by atoms with Crippen molar-refractivity contribution in [1.29, 1.82) is 0 Å². The molecule has 4 heteroatoms. The van der Waals surface area contributed by atoms with Crippen LogP contribution in [0.15, 0.2) is 24.3 Å². The van der Waals surface area contributed by atoms with E-state index in [2.05, 4.69) is 55.2 Å². The van der Waals surface area contributed by atoms with E-state index in [0.717, 1.165) is 17.3 Å². The summed E-state index contributed by atoms with van der Waals surface area (Å²) in [6.45, 7) is 8.55. The third kappa shape index (κ3) is 2.41. The van der Waals surface area contributed by atoms with Crippen molar-refractivity contribution in [3.8, 4) is 5.69 Å². The lowest BCUT2D eigenvalue weighted by atomic mass is 9.87. The summed E-state index contributed by atoms with van der Waals surface area (Å²) < 4.78 is 1.99. The number of aryl methyl sites for hydroxylation is 1. The molecule has 1 aromatic heterocycles. The maximum atomic E-state index is 5.88. The molecule has 0 aliphatic rings. The highest BCUT2D eigenvalue weighted by molar-refractivity contribution is 6.16. The maximum Gasteiger partial charge on any atom is 0.152 e. The number of alkyl halides is 1. The molecule has 0 N–H and O–H groups in total. The first kappa shape index (κ1) is 13.1. The van der Waals surface area contributed by atoms with Gasteiger partial charge < -0.3 is 0 Å². The molecule has 0 fully saturated rings. The molecule has 0 saturated carbocycles. The van der Waals surface area contributed by atoms with Gasteiger partial charge in [-0.2, -0.15) is 0 Å². The number of aromatic nitrogens is 3. The van der Waals surface area contributed by atoms with Crippen molar-refractivity contribution in [3.05, 3.63) is 41.5 Å². The summed E-state index contributed by atoms with van der Waals surface area (Å²) in [6, 6.07) is 8.47. The standard InChI is InChI=1S/C14H18ClN3/c1-10-16-17-13(9-15)18(10)12-7-5-11(6-8-12)14(2,3)4/h5-8H,9H2,1-4H3. The average molecular weight is 264 g/mol. The van der Waals surface area contributed by atoms with Gasteiger partial charge in [-0.25, -0.2) is 0 Å². The number of nitrogens with zero attached hydrogens (tertiary/aromatic N) is 3. The van der Waals surface area contributed by atoms with E-state index in [-0.39, 0.29) is 5.41 Å². The Labute approximate surface area is 113 Å². The molecule has 0 spiro atoms. The SMILES string of the molecule is Cc1nnc(CCl)n1-c1ccc(C(C)(C)C)cc1. The van der Waals surface area contributed by atoms with Crippen molar-refractivity contribution in [2.75, 3.05) is 0 Å². The predicted octanol–water partition coefficient (Wildman–Crippen LogP) is 3.61. The molecule has 0 amide bonds. The molecule has 0 unspecified atom stereocenters. The summed E-state index contributed by atoms with van der Waals surface area (Å²) in [6.07, 6.45) is 0. The van der Waals surface area contributed by atoms with E-state index in [1.807, 2.05) is 11.5 Å². The van der Waals surface area contributed by atoms with Crippen molar-refractivity contribution < 1.29 is 0 Å². The first-order valence-corrected chi connectivity index (χ1v) is 6.54. The van der Waals surface area contributed by atoms with E-state index in [1.165, 1.54) is 5.56 Å². The Balaban J connectivity index is 2.43. The van der Waals surface area contributed by atoms with Gasteiger partial charge in [0.1, 0.15) is 5.82 Å². The number of hydrogen-bond donors (Lipinski definition) is 0. The zero-order valence-corrected chi connectivity index (χ0v) is 12.0. The minimum absolute atomic E-state index is 0.163. The number of rotatable bonds is 2. The normalized spacial score (nSPS) is 11.8. The van der Waals surface area contributed by atoms with Gasteiger partial charge in [0.25, 0.3) is 0 Å². The van der Waals surface area contributed by atoms with Crippen molar-refractivity contribution in [2.45, 2.75) is 39.0 Å². The molecule has 3 nitrogen and oxygen atoms in total. The fraction of sp³-hybridized carbons (Fsp3) is 0.429. The first-order chi connectivity index (χ1) is 8.43. The fourth-order valence-corrected chi connectivity index (χ4v) is 2.11. The Morgan fingerprint density at radius 3 is 2.22 bits per heavy atom. The molecule has 2 aromatic rings. The number of hydrogen-bond acceptors (Lipinski definition) is 2. The molecule has 0 radical (unpaired) electrons. The van der Waals surface area contributed by atoms with E-state index < -0.39 is 0 Å². The second-order valence-corrected chi connectivity index (χ2v) is 5.70. The summed E-state index contributed by atoms with van der Waals surface area (Å²) in [5, 5.41) is 8.13. The Bertz CT molecular complexity index is 535. The van der Waals surface area contributed by atoms with E-state index in [1.54, 1.807) is 0 Å².